The van der Waals surface area contributed by atoms with E-state index in [-0.39, 0.29) is 4.90 Å². The van der Waals surface area contributed by atoms with E-state index >= 15 is 0 Å². The van der Waals surface area contributed by atoms with Crippen LogP contribution in [0.2, 0.25) is 0 Å². The van der Waals surface area contributed by atoms with Crippen LogP contribution >= 0.6 is 0 Å². The number of hydrogen-bond acceptors (Lipinski definition) is 4. The Bertz CT molecular complexity index is 426. The molecule has 1 rings (SSSR count). The van der Waals surface area contributed by atoms with Gasteiger partial charge in [0, 0.05) is 7.05 Å². The van der Waals surface area contributed by atoms with Gasteiger partial charge in [0.1, 0.15) is 0 Å². The lowest BCUT2D eigenvalue weighted by molar-refractivity contribution is -0.163. The van der Waals surface area contributed by atoms with Crippen molar-refractivity contribution in [3.05, 3.63) is 0 Å². The number of nitriles is 1. The Morgan fingerprint density at radius 2 is 1.82 bits per heavy atom. The third-order valence-electron chi connectivity index (χ3n) is 2.17. The molecule has 9 heteroatoms. The van der Waals surface area contributed by atoms with Crippen molar-refractivity contribution in [3.8, 4) is 6.07 Å². The van der Waals surface area contributed by atoms with Gasteiger partial charge in [-0.3, -0.25) is 19.4 Å². The second-order valence-electron chi connectivity index (χ2n) is 3.29. The predicted molar refractivity (Wildman–Crippen MR) is 45.0 cm³/mol. The van der Waals surface area contributed by atoms with E-state index < -0.39 is 36.5 Å². The molecule has 92 valence electrons. The number of urea groups is 1. The molecule has 0 aliphatic carbocycles. The highest BCUT2D eigenvalue weighted by molar-refractivity contribution is 6.44. The van der Waals surface area contributed by atoms with Gasteiger partial charge >= 0.3 is 24.0 Å². The standard InChI is InChI=1S/C8H6F3N3O3/c1-13-5(15)6(16)14(7(13)17)3-4(2-12)8(9,10)11/h4H,3H2,1H3. The summed E-state index contributed by atoms with van der Waals surface area (Å²) in [5.41, 5.74) is 0. The maximum absolute atomic E-state index is 12.3. The highest BCUT2D eigenvalue weighted by Crippen LogP contribution is 2.27. The first-order chi connectivity index (χ1) is 7.70. The molecule has 1 saturated heterocycles. The van der Waals surface area contributed by atoms with Crippen LogP contribution in [0.1, 0.15) is 0 Å². The number of carbonyl (C=O) groups excluding carboxylic acids is 3. The van der Waals surface area contributed by atoms with Crippen LogP contribution in [0.4, 0.5) is 18.0 Å². The van der Waals surface area contributed by atoms with Gasteiger partial charge in [-0.25, -0.2) is 4.79 Å². The zero-order valence-electron chi connectivity index (χ0n) is 8.48. The van der Waals surface area contributed by atoms with Gasteiger partial charge in [0.2, 0.25) is 0 Å². The molecule has 1 atom stereocenters. The quantitative estimate of drug-likeness (QED) is 0.513. The first-order valence-electron chi connectivity index (χ1n) is 4.30. The Morgan fingerprint density at radius 3 is 2.12 bits per heavy atom. The average Bonchev–Trinajstić information content (AvgIpc) is 2.40. The molecular weight excluding hydrogens is 243 g/mol. The summed E-state index contributed by atoms with van der Waals surface area (Å²) in [5.74, 6) is -5.08. The molecule has 4 amide bonds. The Hall–Kier alpha value is -2.11. The van der Waals surface area contributed by atoms with Gasteiger partial charge in [0.15, 0.2) is 5.92 Å². The lowest BCUT2D eigenvalue weighted by atomic mass is 10.1. The van der Waals surface area contributed by atoms with Gasteiger partial charge in [-0.15, -0.1) is 0 Å². The van der Waals surface area contributed by atoms with Crippen LogP contribution in [0.25, 0.3) is 0 Å². The fourth-order valence-corrected chi connectivity index (χ4v) is 1.17. The van der Waals surface area contributed by atoms with E-state index in [0.29, 0.717) is 4.90 Å². The third-order valence-corrected chi connectivity index (χ3v) is 2.17. The molecule has 6 nitrogen and oxygen atoms in total. The Morgan fingerprint density at radius 1 is 1.29 bits per heavy atom. The maximum atomic E-state index is 12.3. The van der Waals surface area contributed by atoms with Crippen molar-refractivity contribution in [3.63, 3.8) is 0 Å². The first-order valence-corrected chi connectivity index (χ1v) is 4.30. The number of alkyl halides is 3. The minimum Gasteiger partial charge on any atom is -0.263 e. The van der Waals surface area contributed by atoms with E-state index in [4.69, 9.17) is 5.26 Å². The van der Waals surface area contributed by atoms with E-state index in [0.717, 1.165) is 13.1 Å². The minimum absolute atomic E-state index is 0.115. The van der Waals surface area contributed by atoms with Gasteiger partial charge < -0.3 is 0 Å². The molecule has 17 heavy (non-hydrogen) atoms. The minimum atomic E-state index is -4.86. The Balaban J connectivity index is 2.90. The zero-order chi connectivity index (χ0) is 13.4. The van der Waals surface area contributed by atoms with E-state index in [2.05, 4.69) is 0 Å². The number of rotatable bonds is 2. The molecule has 0 bridgehead atoms. The summed E-state index contributed by atoms with van der Waals surface area (Å²) in [6.07, 6.45) is -4.86. The van der Waals surface area contributed by atoms with Gasteiger partial charge in [-0.05, 0) is 0 Å². The molecule has 1 heterocycles. The van der Waals surface area contributed by atoms with E-state index in [1.165, 1.54) is 0 Å². The summed E-state index contributed by atoms with van der Waals surface area (Å²) in [6.45, 7) is -1.17. The lowest BCUT2D eigenvalue weighted by Gasteiger charge is -2.18. The number of hydrogen-bond donors (Lipinski definition) is 0. The van der Waals surface area contributed by atoms with Crippen molar-refractivity contribution in [2.75, 3.05) is 13.6 Å². The average molecular weight is 249 g/mol. The van der Waals surface area contributed by atoms with Gasteiger partial charge in [0.05, 0.1) is 12.6 Å². The summed E-state index contributed by atoms with van der Waals surface area (Å²) in [6, 6.07) is -0.224. The van der Waals surface area contributed by atoms with Gasteiger partial charge in [-0.1, -0.05) is 0 Å². The van der Waals surface area contributed by atoms with Crippen LogP contribution in [-0.2, 0) is 9.59 Å². The summed E-state index contributed by atoms with van der Waals surface area (Å²) < 4.78 is 36.8. The normalized spacial score (nSPS) is 18.6. The van der Waals surface area contributed by atoms with Gasteiger partial charge in [-0.2, -0.15) is 18.4 Å². The van der Waals surface area contributed by atoms with Crippen LogP contribution in [-0.4, -0.2) is 47.4 Å². The fourth-order valence-electron chi connectivity index (χ4n) is 1.17. The molecular formula is C8H6F3N3O3. The van der Waals surface area contributed by atoms with Crippen molar-refractivity contribution in [1.29, 1.82) is 5.26 Å². The van der Waals surface area contributed by atoms with Crippen LogP contribution in [0.15, 0.2) is 0 Å². The van der Waals surface area contributed by atoms with Crippen LogP contribution in [0, 0.1) is 17.2 Å². The van der Waals surface area contributed by atoms with Crippen LogP contribution < -0.4 is 0 Å². The number of carbonyl (C=O) groups is 3. The molecule has 1 unspecified atom stereocenters. The topological polar surface area (TPSA) is 81.5 Å². The number of imide groups is 2. The molecule has 0 aromatic heterocycles. The number of halogens is 3. The first kappa shape index (κ1) is 13.0. The molecule has 1 aliphatic heterocycles. The van der Waals surface area contributed by atoms with Crippen molar-refractivity contribution in [2.45, 2.75) is 6.18 Å². The van der Waals surface area contributed by atoms with Gasteiger partial charge in [0.25, 0.3) is 0 Å². The summed E-state index contributed by atoms with van der Waals surface area (Å²) >= 11 is 0. The van der Waals surface area contributed by atoms with Crippen molar-refractivity contribution < 1.29 is 27.6 Å². The molecule has 0 aromatic rings. The van der Waals surface area contributed by atoms with Crippen LogP contribution in [0.5, 0.6) is 0 Å². The highest BCUT2D eigenvalue weighted by atomic mass is 19.4. The maximum Gasteiger partial charge on any atom is 0.406 e. The van der Waals surface area contributed by atoms with E-state index in [1.807, 2.05) is 0 Å². The molecule has 1 fully saturated rings. The second kappa shape index (κ2) is 4.04. The molecule has 0 N–H and O–H groups in total. The predicted octanol–water partition coefficient (Wildman–Crippen LogP) is 0.109. The summed E-state index contributed by atoms with van der Waals surface area (Å²) in [7, 11) is 0.970. The zero-order valence-corrected chi connectivity index (χ0v) is 8.48. The number of amides is 4. The number of likely N-dealkylation sites (N-methyl/N-ethyl adjacent to an activating group) is 1. The SMILES string of the molecule is CN1C(=O)C(=O)N(CC(C#N)C(F)(F)F)C1=O. The van der Waals surface area contributed by atoms with Crippen molar-refractivity contribution >= 4 is 17.8 Å². The molecule has 0 aromatic carbocycles. The van der Waals surface area contributed by atoms with Crippen molar-refractivity contribution in [2.24, 2.45) is 5.92 Å². The molecule has 1 aliphatic rings. The van der Waals surface area contributed by atoms with E-state index in [1.54, 1.807) is 0 Å². The Labute approximate surface area is 93.2 Å². The number of nitrogens with zero attached hydrogens (tertiary/aromatic N) is 3. The lowest BCUT2D eigenvalue weighted by Crippen LogP contribution is -2.40. The summed E-state index contributed by atoms with van der Waals surface area (Å²) in [5, 5.41) is 8.31. The molecule has 0 radical (unpaired) electrons. The van der Waals surface area contributed by atoms with Crippen LogP contribution in [0.3, 0.4) is 0 Å². The Kier molecular flexibility index (Phi) is 3.08. The smallest absolute Gasteiger partial charge is 0.263 e. The van der Waals surface area contributed by atoms with Crippen molar-refractivity contribution in [1.82, 2.24) is 9.80 Å². The monoisotopic (exact) mass is 249 g/mol. The molecule has 0 spiro atoms. The third kappa shape index (κ3) is 2.20. The summed E-state index contributed by atoms with van der Waals surface area (Å²) in [4.78, 5) is 33.9. The second-order valence-corrected chi connectivity index (χ2v) is 3.29. The largest absolute Gasteiger partial charge is 0.406 e. The molecule has 0 saturated carbocycles. The fraction of sp³-hybridized carbons (Fsp3) is 0.500. The van der Waals surface area contributed by atoms with E-state index in [9.17, 15) is 27.6 Å². The highest BCUT2D eigenvalue weighted by Gasteiger charge is 2.48.